The summed E-state index contributed by atoms with van der Waals surface area (Å²) in [5.74, 6) is -0.0278. The molecule has 8 heteroatoms. The number of hydrogen-bond donors (Lipinski definition) is 1. The first-order chi connectivity index (χ1) is 11.5. The van der Waals surface area contributed by atoms with Crippen molar-refractivity contribution in [2.45, 2.75) is 13.8 Å². The van der Waals surface area contributed by atoms with Gasteiger partial charge in [0.25, 0.3) is 5.91 Å². The zero-order valence-corrected chi connectivity index (χ0v) is 15.1. The zero-order chi connectivity index (χ0) is 17.3. The lowest BCUT2D eigenvalue weighted by molar-refractivity contribution is 0.102. The van der Waals surface area contributed by atoms with Crippen molar-refractivity contribution in [3.63, 3.8) is 0 Å². The topological polar surface area (TPSA) is 72.7 Å². The molecule has 0 aliphatic heterocycles. The van der Waals surface area contributed by atoms with E-state index >= 15 is 0 Å². The second-order valence-electron chi connectivity index (χ2n) is 5.22. The number of carbonyl (C=O) groups excluding carboxylic acids is 1. The van der Waals surface area contributed by atoms with Crippen molar-refractivity contribution in [2.75, 3.05) is 5.32 Å². The summed E-state index contributed by atoms with van der Waals surface area (Å²) in [5.41, 5.74) is 2.78. The summed E-state index contributed by atoms with van der Waals surface area (Å²) >= 11 is 1.94. The summed E-state index contributed by atoms with van der Waals surface area (Å²) in [6, 6.07) is 9.52. The number of anilines is 1. The summed E-state index contributed by atoms with van der Waals surface area (Å²) in [5, 5.41) is 14.3. The molecule has 24 heavy (non-hydrogen) atoms. The number of tetrazole rings is 1. The third-order valence-electron chi connectivity index (χ3n) is 3.50. The second-order valence-corrected chi connectivity index (χ2v) is 6.38. The van der Waals surface area contributed by atoms with Crippen LogP contribution in [0.1, 0.15) is 21.7 Å². The Morgan fingerprint density at radius 2 is 2.00 bits per heavy atom. The van der Waals surface area contributed by atoms with Crippen LogP contribution in [0.5, 0.6) is 0 Å². The molecule has 1 N–H and O–H groups in total. The lowest BCUT2D eigenvalue weighted by Gasteiger charge is -2.11. The van der Waals surface area contributed by atoms with Crippen molar-refractivity contribution in [3.05, 3.63) is 62.7 Å². The monoisotopic (exact) mass is 437 g/mol. The number of hydrogen-bond acceptors (Lipinski definition) is 4. The maximum atomic E-state index is 13.2. The fourth-order valence-electron chi connectivity index (χ4n) is 2.24. The molecule has 0 saturated carbocycles. The standard InChI is InChI=1S/C16H13FIN5O/c1-9-3-5-12(8-15(9)23-10(2)20-21-22-23)19-16(24)13-6-4-11(17)7-14(13)18/h3-8H,1-2H3,(H,19,24). The van der Waals surface area contributed by atoms with Crippen LogP contribution in [0.3, 0.4) is 0 Å². The van der Waals surface area contributed by atoms with E-state index in [1.54, 1.807) is 23.7 Å². The van der Waals surface area contributed by atoms with Crippen molar-refractivity contribution in [2.24, 2.45) is 0 Å². The van der Waals surface area contributed by atoms with Gasteiger partial charge in [0.15, 0.2) is 5.82 Å². The third kappa shape index (κ3) is 3.28. The Kier molecular flexibility index (Phi) is 4.56. The molecule has 0 aliphatic rings. The largest absolute Gasteiger partial charge is 0.322 e. The van der Waals surface area contributed by atoms with Gasteiger partial charge in [-0.05, 0) is 82.8 Å². The highest BCUT2D eigenvalue weighted by molar-refractivity contribution is 14.1. The Morgan fingerprint density at radius 1 is 1.21 bits per heavy atom. The lowest BCUT2D eigenvalue weighted by atomic mass is 10.1. The molecule has 0 radical (unpaired) electrons. The maximum Gasteiger partial charge on any atom is 0.256 e. The summed E-state index contributed by atoms with van der Waals surface area (Å²) in [6.07, 6.45) is 0. The number of amides is 1. The smallest absolute Gasteiger partial charge is 0.256 e. The molecular weight excluding hydrogens is 424 g/mol. The number of nitrogens with zero attached hydrogens (tertiary/aromatic N) is 4. The molecular formula is C16H13FIN5O. The lowest BCUT2D eigenvalue weighted by Crippen LogP contribution is -2.14. The van der Waals surface area contributed by atoms with Crippen molar-refractivity contribution in [1.82, 2.24) is 20.2 Å². The first kappa shape index (κ1) is 16.5. The minimum absolute atomic E-state index is 0.303. The second kappa shape index (κ2) is 6.63. The van der Waals surface area contributed by atoms with E-state index in [0.29, 0.717) is 20.6 Å². The predicted molar refractivity (Wildman–Crippen MR) is 95.7 cm³/mol. The van der Waals surface area contributed by atoms with Gasteiger partial charge in [-0.3, -0.25) is 4.79 Å². The predicted octanol–water partition coefficient (Wildman–Crippen LogP) is 3.28. The highest BCUT2D eigenvalue weighted by atomic mass is 127. The molecule has 2 aromatic carbocycles. The van der Waals surface area contributed by atoms with Gasteiger partial charge in [-0.2, -0.15) is 4.68 Å². The molecule has 0 saturated heterocycles. The van der Waals surface area contributed by atoms with E-state index in [2.05, 4.69) is 20.8 Å². The zero-order valence-electron chi connectivity index (χ0n) is 12.9. The van der Waals surface area contributed by atoms with Gasteiger partial charge in [0.1, 0.15) is 5.82 Å². The van der Waals surface area contributed by atoms with Gasteiger partial charge < -0.3 is 5.32 Å². The van der Waals surface area contributed by atoms with Crippen molar-refractivity contribution >= 4 is 34.2 Å². The van der Waals surface area contributed by atoms with E-state index in [4.69, 9.17) is 0 Å². The number of benzene rings is 2. The van der Waals surface area contributed by atoms with Crippen LogP contribution in [-0.2, 0) is 0 Å². The molecule has 122 valence electrons. The first-order valence-electron chi connectivity index (χ1n) is 7.08. The Hall–Kier alpha value is -2.36. The molecule has 1 heterocycles. The van der Waals surface area contributed by atoms with Crippen LogP contribution in [0.2, 0.25) is 0 Å². The number of nitrogens with one attached hydrogen (secondary N) is 1. The molecule has 0 bridgehead atoms. The number of aryl methyl sites for hydroxylation is 2. The van der Waals surface area contributed by atoms with Gasteiger partial charge in [0.05, 0.1) is 11.3 Å². The Morgan fingerprint density at radius 3 is 2.67 bits per heavy atom. The highest BCUT2D eigenvalue weighted by Crippen LogP contribution is 2.21. The van der Waals surface area contributed by atoms with Crippen molar-refractivity contribution in [1.29, 1.82) is 0 Å². The van der Waals surface area contributed by atoms with E-state index in [-0.39, 0.29) is 11.7 Å². The van der Waals surface area contributed by atoms with E-state index in [9.17, 15) is 9.18 Å². The third-order valence-corrected chi connectivity index (χ3v) is 4.39. The van der Waals surface area contributed by atoms with Crippen LogP contribution in [0.4, 0.5) is 10.1 Å². The molecule has 6 nitrogen and oxygen atoms in total. The fraction of sp³-hybridized carbons (Fsp3) is 0.125. The molecule has 0 spiro atoms. The van der Waals surface area contributed by atoms with Crippen LogP contribution in [-0.4, -0.2) is 26.1 Å². The summed E-state index contributed by atoms with van der Waals surface area (Å²) in [6.45, 7) is 3.73. The SMILES string of the molecule is Cc1ccc(NC(=O)c2ccc(F)cc2I)cc1-n1nnnc1C. The van der Waals surface area contributed by atoms with Gasteiger partial charge >= 0.3 is 0 Å². The van der Waals surface area contributed by atoms with Gasteiger partial charge in [0.2, 0.25) is 0 Å². The van der Waals surface area contributed by atoms with Crippen LogP contribution >= 0.6 is 22.6 Å². The summed E-state index contributed by atoms with van der Waals surface area (Å²) in [4.78, 5) is 12.4. The van der Waals surface area contributed by atoms with Crippen LogP contribution in [0, 0.1) is 23.2 Å². The minimum atomic E-state index is -0.372. The maximum absolute atomic E-state index is 13.2. The van der Waals surface area contributed by atoms with Gasteiger partial charge in [-0.25, -0.2) is 4.39 Å². The number of carbonyl (C=O) groups is 1. The molecule has 1 aromatic heterocycles. The number of rotatable bonds is 3. The van der Waals surface area contributed by atoms with Crippen LogP contribution in [0.15, 0.2) is 36.4 Å². The van der Waals surface area contributed by atoms with E-state index in [0.717, 1.165) is 11.3 Å². The fourth-order valence-corrected chi connectivity index (χ4v) is 2.96. The number of aromatic nitrogens is 4. The van der Waals surface area contributed by atoms with E-state index in [1.807, 2.05) is 35.6 Å². The van der Waals surface area contributed by atoms with Crippen LogP contribution < -0.4 is 5.32 Å². The van der Waals surface area contributed by atoms with Gasteiger partial charge in [0, 0.05) is 9.26 Å². The molecule has 0 fully saturated rings. The van der Waals surface area contributed by atoms with Crippen molar-refractivity contribution in [3.8, 4) is 5.69 Å². The molecule has 0 aliphatic carbocycles. The molecule has 3 rings (SSSR count). The molecule has 1 amide bonds. The van der Waals surface area contributed by atoms with Gasteiger partial charge in [-0.15, -0.1) is 5.10 Å². The molecule has 0 atom stereocenters. The summed E-state index contributed by atoms with van der Waals surface area (Å²) < 4.78 is 15.3. The Balaban J connectivity index is 1.91. The van der Waals surface area contributed by atoms with Gasteiger partial charge in [-0.1, -0.05) is 6.07 Å². The molecule has 0 unspecified atom stereocenters. The Labute approximate surface area is 151 Å². The number of halogens is 2. The van der Waals surface area contributed by atoms with Crippen molar-refractivity contribution < 1.29 is 9.18 Å². The first-order valence-corrected chi connectivity index (χ1v) is 8.16. The average molecular weight is 437 g/mol. The highest BCUT2D eigenvalue weighted by Gasteiger charge is 2.13. The normalized spacial score (nSPS) is 10.7. The minimum Gasteiger partial charge on any atom is -0.322 e. The summed E-state index contributed by atoms with van der Waals surface area (Å²) in [7, 11) is 0. The molecule has 3 aromatic rings. The quantitative estimate of drug-likeness (QED) is 0.639. The van der Waals surface area contributed by atoms with E-state index in [1.165, 1.54) is 18.2 Å². The Bertz CT molecular complexity index is 925. The average Bonchev–Trinajstić information content (AvgIpc) is 2.95. The van der Waals surface area contributed by atoms with Crippen LogP contribution in [0.25, 0.3) is 5.69 Å². The van der Waals surface area contributed by atoms with E-state index < -0.39 is 0 Å².